The van der Waals surface area contributed by atoms with Gasteiger partial charge in [-0.15, -0.1) is 6.42 Å². The maximum absolute atomic E-state index is 12.1. The molecule has 4 nitrogen and oxygen atoms in total. The largest absolute Gasteiger partial charge is 0.344 e. The lowest BCUT2D eigenvalue weighted by molar-refractivity contribution is -0.126. The van der Waals surface area contributed by atoms with E-state index in [1.165, 1.54) is 25.7 Å². The molecule has 2 rings (SSSR count). The standard InChI is InChI=1S/C15H25N3O/c1-3-8-17-15(19)12(2)18(14-4-5-14)11-13-6-9-16-10-7-13/h1,12-14,16H,4-11H2,2H3,(H,17,19). The van der Waals surface area contributed by atoms with Gasteiger partial charge in [0.15, 0.2) is 0 Å². The minimum absolute atomic E-state index is 0.0595. The maximum atomic E-state index is 12.1. The number of nitrogens with zero attached hydrogens (tertiary/aromatic N) is 1. The van der Waals surface area contributed by atoms with Crippen molar-refractivity contribution in [2.45, 2.75) is 44.7 Å². The van der Waals surface area contributed by atoms with Crippen molar-refractivity contribution in [3.63, 3.8) is 0 Å². The molecule has 2 fully saturated rings. The fourth-order valence-electron chi connectivity index (χ4n) is 2.83. The quantitative estimate of drug-likeness (QED) is 0.689. The molecule has 0 aromatic carbocycles. The molecule has 1 atom stereocenters. The number of rotatable bonds is 6. The lowest BCUT2D eigenvalue weighted by atomic mass is 9.97. The molecule has 1 saturated carbocycles. The molecule has 0 bridgehead atoms. The predicted octanol–water partition coefficient (Wildman–Crippen LogP) is 0.588. The van der Waals surface area contributed by atoms with Gasteiger partial charge < -0.3 is 10.6 Å². The van der Waals surface area contributed by atoms with Crippen molar-refractivity contribution in [3.05, 3.63) is 0 Å². The van der Waals surface area contributed by atoms with Gasteiger partial charge in [-0.05, 0) is 51.6 Å². The van der Waals surface area contributed by atoms with Gasteiger partial charge >= 0.3 is 0 Å². The van der Waals surface area contributed by atoms with Crippen LogP contribution < -0.4 is 10.6 Å². The third kappa shape index (κ3) is 4.22. The lowest BCUT2D eigenvalue weighted by Crippen LogP contribution is -2.49. The number of hydrogen-bond donors (Lipinski definition) is 2. The van der Waals surface area contributed by atoms with E-state index in [0.29, 0.717) is 12.6 Å². The molecule has 106 valence electrons. The van der Waals surface area contributed by atoms with Crippen LogP contribution in [0.5, 0.6) is 0 Å². The first kappa shape index (κ1) is 14.4. The van der Waals surface area contributed by atoms with E-state index in [1.54, 1.807) is 0 Å². The Morgan fingerprint density at radius 1 is 1.42 bits per heavy atom. The SMILES string of the molecule is C#CCNC(=O)C(C)N(CC1CCNCC1)C1CC1. The molecule has 1 amide bonds. The number of piperidine rings is 1. The molecule has 1 aliphatic heterocycles. The predicted molar refractivity (Wildman–Crippen MR) is 76.6 cm³/mol. The monoisotopic (exact) mass is 263 g/mol. The lowest BCUT2D eigenvalue weighted by Gasteiger charge is -2.33. The molecule has 19 heavy (non-hydrogen) atoms. The van der Waals surface area contributed by atoms with E-state index >= 15 is 0 Å². The molecule has 0 spiro atoms. The van der Waals surface area contributed by atoms with Crippen molar-refractivity contribution < 1.29 is 4.79 Å². The topological polar surface area (TPSA) is 44.4 Å². The Labute approximate surface area is 116 Å². The molecule has 1 heterocycles. The van der Waals surface area contributed by atoms with Gasteiger partial charge in [0, 0.05) is 12.6 Å². The Morgan fingerprint density at radius 3 is 2.68 bits per heavy atom. The molecule has 2 aliphatic rings. The van der Waals surface area contributed by atoms with Crippen LogP contribution in [0.2, 0.25) is 0 Å². The molecule has 4 heteroatoms. The number of nitrogens with one attached hydrogen (secondary N) is 2. The molecule has 0 radical (unpaired) electrons. The highest BCUT2D eigenvalue weighted by molar-refractivity contribution is 5.81. The van der Waals surface area contributed by atoms with Crippen LogP contribution in [0.15, 0.2) is 0 Å². The number of carbonyl (C=O) groups excluding carboxylic acids is 1. The normalized spacial score (nSPS) is 21.9. The summed E-state index contributed by atoms with van der Waals surface area (Å²) in [6.45, 7) is 5.61. The molecule has 2 N–H and O–H groups in total. The second kappa shape index (κ2) is 6.93. The Kier molecular flexibility index (Phi) is 5.24. The summed E-state index contributed by atoms with van der Waals surface area (Å²) < 4.78 is 0. The second-order valence-electron chi connectivity index (χ2n) is 5.72. The van der Waals surface area contributed by atoms with E-state index < -0.39 is 0 Å². The summed E-state index contributed by atoms with van der Waals surface area (Å²) >= 11 is 0. The van der Waals surface area contributed by atoms with Crippen LogP contribution in [0.1, 0.15) is 32.6 Å². The zero-order valence-corrected chi connectivity index (χ0v) is 11.8. The fourth-order valence-corrected chi connectivity index (χ4v) is 2.83. The molecule has 1 unspecified atom stereocenters. The third-order valence-corrected chi connectivity index (χ3v) is 4.19. The van der Waals surface area contributed by atoms with Crippen molar-refractivity contribution in [1.29, 1.82) is 0 Å². The van der Waals surface area contributed by atoms with E-state index in [9.17, 15) is 4.79 Å². The van der Waals surface area contributed by atoms with Gasteiger partial charge in [0.25, 0.3) is 0 Å². The summed E-state index contributed by atoms with van der Waals surface area (Å²) in [5, 5.41) is 6.20. The zero-order valence-electron chi connectivity index (χ0n) is 11.8. The van der Waals surface area contributed by atoms with Gasteiger partial charge in [0.2, 0.25) is 5.91 Å². The Balaban J connectivity index is 1.87. The van der Waals surface area contributed by atoms with Crippen molar-refractivity contribution in [2.75, 3.05) is 26.2 Å². The minimum Gasteiger partial charge on any atom is -0.344 e. The first-order chi connectivity index (χ1) is 9.22. The van der Waals surface area contributed by atoms with Crippen molar-refractivity contribution in [2.24, 2.45) is 5.92 Å². The van der Waals surface area contributed by atoms with Crippen LogP contribution >= 0.6 is 0 Å². The molecule has 1 saturated heterocycles. The summed E-state index contributed by atoms with van der Waals surface area (Å²) in [5.74, 6) is 3.25. The highest BCUT2D eigenvalue weighted by Crippen LogP contribution is 2.30. The molecular formula is C15H25N3O. The summed E-state index contributed by atoms with van der Waals surface area (Å²) in [7, 11) is 0. The van der Waals surface area contributed by atoms with Crippen LogP contribution in [-0.2, 0) is 4.79 Å². The maximum Gasteiger partial charge on any atom is 0.237 e. The van der Waals surface area contributed by atoms with E-state index in [4.69, 9.17) is 6.42 Å². The number of amides is 1. The number of carbonyl (C=O) groups is 1. The number of terminal acetylenes is 1. The van der Waals surface area contributed by atoms with Gasteiger partial charge in [-0.2, -0.15) is 0 Å². The minimum atomic E-state index is -0.0595. The van der Waals surface area contributed by atoms with Crippen molar-refractivity contribution in [3.8, 4) is 12.3 Å². The van der Waals surface area contributed by atoms with E-state index in [1.807, 2.05) is 6.92 Å². The van der Waals surface area contributed by atoms with Crippen LogP contribution in [0.3, 0.4) is 0 Å². The van der Waals surface area contributed by atoms with Gasteiger partial charge in [-0.1, -0.05) is 5.92 Å². The molecule has 0 aromatic rings. The van der Waals surface area contributed by atoms with Crippen LogP contribution in [-0.4, -0.2) is 49.1 Å². The van der Waals surface area contributed by atoms with E-state index in [-0.39, 0.29) is 11.9 Å². The highest BCUT2D eigenvalue weighted by Gasteiger charge is 2.36. The molecular weight excluding hydrogens is 238 g/mol. The first-order valence-corrected chi connectivity index (χ1v) is 7.40. The van der Waals surface area contributed by atoms with Crippen molar-refractivity contribution >= 4 is 5.91 Å². The van der Waals surface area contributed by atoms with Crippen LogP contribution in [0, 0.1) is 18.3 Å². The molecule has 0 aromatic heterocycles. The molecule has 1 aliphatic carbocycles. The highest BCUT2D eigenvalue weighted by atomic mass is 16.2. The zero-order chi connectivity index (χ0) is 13.7. The van der Waals surface area contributed by atoms with Gasteiger partial charge in [-0.3, -0.25) is 9.69 Å². The van der Waals surface area contributed by atoms with Crippen molar-refractivity contribution in [1.82, 2.24) is 15.5 Å². The first-order valence-electron chi connectivity index (χ1n) is 7.40. The summed E-state index contributed by atoms with van der Waals surface area (Å²) in [6, 6.07) is 0.553. The van der Waals surface area contributed by atoms with E-state index in [0.717, 1.165) is 25.6 Å². The van der Waals surface area contributed by atoms with Crippen LogP contribution in [0.25, 0.3) is 0 Å². The summed E-state index contributed by atoms with van der Waals surface area (Å²) in [4.78, 5) is 14.4. The Hall–Kier alpha value is -1.05. The number of hydrogen-bond acceptors (Lipinski definition) is 3. The Bertz CT molecular complexity index is 340. The van der Waals surface area contributed by atoms with Gasteiger partial charge in [0.05, 0.1) is 12.6 Å². The smallest absolute Gasteiger partial charge is 0.237 e. The fraction of sp³-hybridized carbons (Fsp3) is 0.800. The average Bonchev–Trinajstić information content (AvgIpc) is 3.27. The van der Waals surface area contributed by atoms with Gasteiger partial charge in [-0.25, -0.2) is 0 Å². The van der Waals surface area contributed by atoms with E-state index in [2.05, 4.69) is 21.5 Å². The third-order valence-electron chi connectivity index (χ3n) is 4.19. The summed E-state index contributed by atoms with van der Waals surface area (Å²) in [5.41, 5.74) is 0. The van der Waals surface area contributed by atoms with Gasteiger partial charge in [0.1, 0.15) is 0 Å². The average molecular weight is 263 g/mol. The summed E-state index contributed by atoms with van der Waals surface area (Å²) in [6.07, 6.45) is 10.1. The van der Waals surface area contributed by atoms with Crippen LogP contribution in [0.4, 0.5) is 0 Å². The second-order valence-corrected chi connectivity index (χ2v) is 5.72. The Morgan fingerprint density at radius 2 is 2.11 bits per heavy atom.